The smallest absolute Gasteiger partial charge is 0.273 e. The molecule has 0 saturated heterocycles. The molecule has 3 N–H and O–H groups in total. The molecule has 0 heterocycles. The van der Waals surface area contributed by atoms with Gasteiger partial charge in [0.15, 0.2) is 11.5 Å². The Morgan fingerprint density at radius 1 is 1.59 bits per heavy atom. The van der Waals surface area contributed by atoms with E-state index in [1.54, 1.807) is 0 Å². The van der Waals surface area contributed by atoms with E-state index in [9.17, 15) is 15.2 Å². The summed E-state index contributed by atoms with van der Waals surface area (Å²) in [6.45, 7) is 1.95. The molecule has 0 saturated carbocycles. The molecule has 6 nitrogen and oxygen atoms in total. The molecule has 1 aromatic carbocycles. The molecule has 6 heteroatoms. The molecule has 1 aromatic rings. The Balaban J connectivity index is 3.27. The minimum atomic E-state index is -0.538. The second-order valence-electron chi connectivity index (χ2n) is 3.74. The van der Waals surface area contributed by atoms with E-state index in [1.807, 2.05) is 6.92 Å². The minimum Gasteiger partial charge on any atom is -0.504 e. The van der Waals surface area contributed by atoms with Gasteiger partial charge in [-0.05, 0) is 6.42 Å². The lowest BCUT2D eigenvalue weighted by Gasteiger charge is -2.14. The number of phenolic OH excluding ortho intramolecular Hbond substituents is 1. The van der Waals surface area contributed by atoms with Crippen LogP contribution in [0, 0.1) is 10.1 Å². The van der Waals surface area contributed by atoms with Crippen LogP contribution in [0.4, 0.5) is 5.69 Å². The average molecular weight is 240 g/mol. The zero-order chi connectivity index (χ0) is 13.0. The molecule has 0 aliphatic rings. The number of nitro groups is 1. The predicted octanol–water partition coefficient (Wildman–Crippen LogP) is 2.11. The summed E-state index contributed by atoms with van der Waals surface area (Å²) in [5, 5.41) is 20.6. The fourth-order valence-electron chi connectivity index (χ4n) is 1.62. The van der Waals surface area contributed by atoms with Crippen LogP contribution in [0.1, 0.15) is 31.4 Å². The van der Waals surface area contributed by atoms with Gasteiger partial charge in [-0.25, -0.2) is 0 Å². The first kappa shape index (κ1) is 13.2. The zero-order valence-corrected chi connectivity index (χ0v) is 9.84. The number of nitrogens with two attached hydrogens (primary N) is 1. The van der Waals surface area contributed by atoms with Crippen LogP contribution >= 0.6 is 0 Å². The normalized spacial score (nSPS) is 12.2. The van der Waals surface area contributed by atoms with Gasteiger partial charge in [-0.3, -0.25) is 10.1 Å². The number of hydrogen-bond donors (Lipinski definition) is 2. The first-order valence-corrected chi connectivity index (χ1v) is 5.32. The molecule has 0 radical (unpaired) electrons. The summed E-state index contributed by atoms with van der Waals surface area (Å²) in [5.74, 6) is -0.0557. The quantitative estimate of drug-likeness (QED) is 0.606. The highest BCUT2D eigenvalue weighted by molar-refractivity contribution is 5.54. The number of non-ortho nitro benzene ring substituents is 1. The van der Waals surface area contributed by atoms with Gasteiger partial charge in [0.05, 0.1) is 18.1 Å². The number of aromatic hydroxyl groups is 1. The van der Waals surface area contributed by atoms with Crippen LogP contribution in [0.3, 0.4) is 0 Å². The van der Waals surface area contributed by atoms with Crippen molar-refractivity contribution in [2.24, 2.45) is 5.73 Å². The van der Waals surface area contributed by atoms with Crippen LogP contribution in [0.15, 0.2) is 12.1 Å². The maximum absolute atomic E-state index is 10.7. The summed E-state index contributed by atoms with van der Waals surface area (Å²) in [7, 11) is 1.34. The number of hydrogen-bond acceptors (Lipinski definition) is 5. The molecule has 1 atom stereocenters. The third kappa shape index (κ3) is 2.85. The zero-order valence-electron chi connectivity index (χ0n) is 9.84. The number of rotatable bonds is 5. The van der Waals surface area contributed by atoms with Crippen LogP contribution in [0.25, 0.3) is 0 Å². The average Bonchev–Trinajstić information content (AvgIpc) is 2.29. The molecule has 0 bridgehead atoms. The van der Waals surface area contributed by atoms with E-state index in [0.717, 1.165) is 6.42 Å². The Morgan fingerprint density at radius 2 is 2.24 bits per heavy atom. The van der Waals surface area contributed by atoms with E-state index >= 15 is 0 Å². The second kappa shape index (κ2) is 5.49. The highest BCUT2D eigenvalue weighted by Gasteiger charge is 2.20. The number of methoxy groups -OCH3 is 1. The molecule has 0 spiro atoms. The van der Waals surface area contributed by atoms with Crippen molar-refractivity contribution in [3.05, 3.63) is 27.8 Å². The molecule has 94 valence electrons. The molecule has 0 aliphatic heterocycles. The van der Waals surface area contributed by atoms with Gasteiger partial charge in [-0.2, -0.15) is 0 Å². The highest BCUT2D eigenvalue weighted by Crippen LogP contribution is 2.38. The van der Waals surface area contributed by atoms with Crippen LogP contribution in [-0.2, 0) is 0 Å². The van der Waals surface area contributed by atoms with E-state index in [-0.39, 0.29) is 17.2 Å². The summed E-state index contributed by atoms with van der Waals surface area (Å²) in [6.07, 6.45) is 1.46. The van der Waals surface area contributed by atoms with Crippen molar-refractivity contribution in [1.82, 2.24) is 0 Å². The van der Waals surface area contributed by atoms with Crippen molar-refractivity contribution in [2.45, 2.75) is 25.8 Å². The van der Waals surface area contributed by atoms with Crippen molar-refractivity contribution < 1.29 is 14.8 Å². The lowest BCUT2D eigenvalue weighted by atomic mass is 10.0. The van der Waals surface area contributed by atoms with Crippen molar-refractivity contribution in [3.8, 4) is 11.5 Å². The van der Waals surface area contributed by atoms with E-state index < -0.39 is 11.0 Å². The van der Waals surface area contributed by atoms with Crippen LogP contribution in [0.5, 0.6) is 11.5 Å². The van der Waals surface area contributed by atoms with Gasteiger partial charge >= 0.3 is 0 Å². The standard InChI is InChI=1S/C11H16N2O4/c1-3-4-9(12)8-5-7(13(15)16)6-10(17-2)11(8)14/h5-6,9,14H,3-4,12H2,1-2H3/t9-/m1/s1. The molecule has 1 rings (SSSR count). The molecular weight excluding hydrogens is 224 g/mol. The highest BCUT2D eigenvalue weighted by atomic mass is 16.6. The third-order valence-corrected chi connectivity index (χ3v) is 2.52. The van der Waals surface area contributed by atoms with Gasteiger partial charge in [0.25, 0.3) is 5.69 Å². The Bertz CT molecular complexity index is 420. The maximum atomic E-state index is 10.7. The van der Waals surface area contributed by atoms with Crippen molar-refractivity contribution in [2.75, 3.05) is 7.11 Å². The van der Waals surface area contributed by atoms with Gasteiger partial charge < -0.3 is 15.6 Å². The topological polar surface area (TPSA) is 98.6 Å². The Morgan fingerprint density at radius 3 is 2.71 bits per heavy atom. The molecule has 0 amide bonds. The molecule has 0 aliphatic carbocycles. The van der Waals surface area contributed by atoms with E-state index in [0.29, 0.717) is 12.0 Å². The summed E-state index contributed by atoms with van der Waals surface area (Å²) in [5.41, 5.74) is 6.07. The number of nitro benzene ring substituents is 1. The molecular formula is C11H16N2O4. The van der Waals surface area contributed by atoms with E-state index in [4.69, 9.17) is 10.5 Å². The Hall–Kier alpha value is -1.82. The van der Waals surface area contributed by atoms with E-state index in [2.05, 4.69) is 0 Å². The fraction of sp³-hybridized carbons (Fsp3) is 0.455. The number of benzene rings is 1. The van der Waals surface area contributed by atoms with Crippen molar-refractivity contribution in [3.63, 3.8) is 0 Å². The maximum Gasteiger partial charge on any atom is 0.273 e. The lowest BCUT2D eigenvalue weighted by molar-refractivity contribution is -0.385. The Labute approximate surface area is 99.2 Å². The van der Waals surface area contributed by atoms with Gasteiger partial charge in [0.1, 0.15) is 0 Å². The van der Waals surface area contributed by atoms with Gasteiger partial charge in [0, 0.05) is 17.7 Å². The lowest BCUT2D eigenvalue weighted by Crippen LogP contribution is -2.10. The third-order valence-electron chi connectivity index (χ3n) is 2.52. The minimum absolute atomic E-state index is 0.0701. The summed E-state index contributed by atoms with van der Waals surface area (Å²) >= 11 is 0. The fourth-order valence-corrected chi connectivity index (χ4v) is 1.62. The van der Waals surface area contributed by atoms with Gasteiger partial charge in [0.2, 0.25) is 0 Å². The summed E-state index contributed by atoms with van der Waals surface area (Å²) in [4.78, 5) is 10.2. The van der Waals surface area contributed by atoms with Gasteiger partial charge in [-0.15, -0.1) is 0 Å². The van der Waals surface area contributed by atoms with Crippen LogP contribution in [-0.4, -0.2) is 17.1 Å². The first-order chi connectivity index (χ1) is 8.01. The first-order valence-electron chi connectivity index (χ1n) is 5.32. The largest absolute Gasteiger partial charge is 0.504 e. The second-order valence-corrected chi connectivity index (χ2v) is 3.74. The predicted molar refractivity (Wildman–Crippen MR) is 63.1 cm³/mol. The Kier molecular flexibility index (Phi) is 4.28. The van der Waals surface area contributed by atoms with Gasteiger partial charge in [-0.1, -0.05) is 13.3 Å². The molecule has 0 fully saturated rings. The number of ether oxygens (including phenoxy) is 1. The molecule has 0 unspecified atom stereocenters. The summed E-state index contributed by atoms with van der Waals surface area (Å²) in [6, 6.07) is 2.03. The van der Waals surface area contributed by atoms with Crippen LogP contribution in [0.2, 0.25) is 0 Å². The molecule has 0 aromatic heterocycles. The monoisotopic (exact) mass is 240 g/mol. The van der Waals surface area contributed by atoms with Crippen LogP contribution < -0.4 is 10.5 Å². The molecule has 17 heavy (non-hydrogen) atoms. The summed E-state index contributed by atoms with van der Waals surface area (Å²) < 4.78 is 4.89. The van der Waals surface area contributed by atoms with Crippen molar-refractivity contribution >= 4 is 5.69 Å². The van der Waals surface area contributed by atoms with E-state index in [1.165, 1.54) is 19.2 Å². The van der Waals surface area contributed by atoms with Crippen molar-refractivity contribution in [1.29, 1.82) is 0 Å². The SMILES string of the molecule is CCC[C@@H](N)c1cc([N+](=O)[O-])cc(OC)c1O. The number of nitrogens with zero attached hydrogens (tertiary/aromatic N) is 1. The number of phenols is 1.